The molecule has 19 heavy (non-hydrogen) atoms. The van der Waals surface area contributed by atoms with E-state index in [2.05, 4.69) is 16.0 Å². The van der Waals surface area contributed by atoms with Gasteiger partial charge in [-0.3, -0.25) is 9.59 Å². The van der Waals surface area contributed by atoms with Crippen LogP contribution < -0.4 is 16.0 Å². The zero-order valence-corrected chi connectivity index (χ0v) is 11.4. The van der Waals surface area contributed by atoms with Gasteiger partial charge in [0, 0.05) is 25.7 Å². The maximum atomic E-state index is 11.9. The van der Waals surface area contributed by atoms with Crippen molar-refractivity contribution < 1.29 is 14.3 Å². The Hall–Kier alpha value is -1.14. The van der Waals surface area contributed by atoms with Crippen molar-refractivity contribution in [2.75, 3.05) is 20.3 Å². The number of piperazine rings is 1. The molecule has 3 N–H and O–H groups in total. The standard InChI is InChI=1S/C13H23N3O3/c1-19-7-6-14-12(17)8-11-13(18)16-10-5-3-2-4-9(10)15-11/h9-11,15H,2-8H2,1H3,(H,14,17)(H,16,18)/t9-,10+,11+/m1/s1. The van der Waals surface area contributed by atoms with Gasteiger partial charge in [0.2, 0.25) is 11.8 Å². The topological polar surface area (TPSA) is 79.5 Å². The summed E-state index contributed by atoms with van der Waals surface area (Å²) in [5, 5.41) is 9.10. The lowest BCUT2D eigenvalue weighted by Gasteiger charge is -2.40. The van der Waals surface area contributed by atoms with Gasteiger partial charge in [0.1, 0.15) is 0 Å². The number of methoxy groups -OCH3 is 1. The second-order valence-corrected chi connectivity index (χ2v) is 5.27. The molecule has 6 heteroatoms. The summed E-state index contributed by atoms with van der Waals surface area (Å²) in [5.41, 5.74) is 0. The van der Waals surface area contributed by atoms with Crippen molar-refractivity contribution in [2.45, 2.75) is 50.2 Å². The van der Waals surface area contributed by atoms with Crippen LogP contribution in [0.5, 0.6) is 0 Å². The second-order valence-electron chi connectivity index (χ2n) is 5.27. The van der Waals surface area contributed by atoms with E-state index in [9.17, 15) is 9.59 Å². The van der Waals surface area contributed by atoms with E-state index < -0.39 is 6.04 Å². The molecule has 1 aliphatic carbocycles. The fourth-order valence-corrected chi connectivity index (χ4v) is 2.82. The van der Waals surface area contributed by atoms with Crippen LogP contribution in [0.3, 0.4) is 0 Å². The van der Waals surface area contributed by atoms with Crippen LogP contribution in [0.2, 0.25) is 0 Å². The van der Waals surface area contributed by atoms with Crippen LogP contribution in [-0.2, 0) is 14.3 Å². The number of amides is 2. The van der Waals surface area contributed by atoms with Crippen molar-refractivity contribution in [3.8, 4) is 0 Å². The summed E-state index contributed by atoms with van der Waals surface area (Å²) in [6.07, 6.45) is 4.67. The fraction of sp³-hybridized carbons (Fsp3) is 0.846. The largest absolute Gasteiger partial charge is 0.383 e. The van der Waals surface area contributed by atoms with E-state index in [1.165, 1.54) is 12.8 Å². The molecule has 0 radical (unpaired) electrons. The number of nitrogens with one attached hydrogen (secondary N) is 3. The maximum Gasteiger partial charge on any atom is 0.237 e. The fourth-order valence-electron chi connectivity index (χ4n) is 2.82. The minimum atomic E-state index is -0.401. The third-order valence-corrected chi connectivity index (χ3v) is 3.84. The smallest absolute Gasteiger partial charge is 0.237 e. The Balaban J connectivity index is 1.79. The lowest BCUT2D eigenvalue weighted by molar-refractivity contribution is -0.131. The monoisotopic (exact) mass is 269 g/mol. The molecule has 2 fully saturated rings. The van der Waals surface area contributed by atoms with Crippen molar-refractivity contribution in [2.24, 2.45) is 0 Å². The zero-order valence-electron chi connectivity index (χ0n) is 11.4. The first-order valence-corrected chi connectivity index (χ1v) is 7.03. The highest BCUT2D eigenvalue weighted by Crippen LogP contribution is 2.22. The molecule has 0 aromatic carbocycles. The van der Waals surface area contributed by atoms with Gasteiger partial charge in [-0.15, -0.1) is 0 Å². The molecule has 1 aliphatic heterocycles. The van der Waals surface area contributed by atoms with Gasteiger partial charge < -0.3 is 20.7 Å². The number of rotatable bonds is 5. The molecule has 108 valence electrons. The predicted molar refractivity (Wildman–Crippen MR) is 70.6 cm³/mol. The van der Waals surface area contributed by atoms with Crippen molar-refractivity contribution in [1.29, 1.82) is 0 Å². The quantitative estimate of drug-likeness (QED) is 0.590. The van der Waals surface area contributed by atoms with Crippen molar-refractivity contribution in [3.05, 3.63) is 0 Å². The first-order chi connectivity index (χ1) is 9.20. The van der Waals surface area contributed by atoms with E-state index >= 15 is 0 Å². The molecule has 2 amide bonds. The summed E-state index contributed by atoms with van der Waals surface area (Å²) in [6, 6.07) is 0.166. The molecule has 6 nitrogen and oxygen atoms in total. The van der Waals surface area contributed by atoms with Gasteiger partial charge in [0.05, 0.1) is 19.1 Å². The third-order valence-electron chi connectivity index (χ3n) is 3.84. The zero-order chi connectivity index (χ0) is 13.7. The highest BCUT2D eigenvalue weighted by Gasteiger charge is 2.36. The van der Waals surface area contributed by atoms with E-state index in [1.54, 1.807) is 7.11 Å². The Morgan fingerprint density at radius 1 is 1.37 bits per heavy atom. The van der Waals surface area contributed by atoms with Gasteiger partial charge in [0.25, 0.3) is 0 Å². The minimum Gasteiger partial charge on any atom is -0.383 e. The summed E-state index contributed by atoms with van der Waals surface area (Å²) < 4.78 is 4.86. The normalized spacial score (nSPS) is 30.4. The van der Waals surface area contributed by atoms with Crippen LogP contribution in [0.1, 0.15) is 32.1 Å². The van der Waals surface area contributed by atoms with Crippen LogP contribution in [0, 0.1) is 0 Å². The first kappa shape index (κ1) is 14.3. The van der Waals surface area contributed by atoms with Gasteiger partial charge in [-0.1, -0.05) is 12.8 Å². The summed E-state index contributed by atoms with van der Waals surface area (Å²) in [5.74, 6) is -0.163. The van der Waals surface area contributed by atoms with Crippen molar-refractivity contribution >= 4 is 11.8 Å². The Kier molecular flexibility index (Phi) is 5.15. The Morgan fingerprint density at radius 2 is 2.11 bits per heavy atom. The van der Waals surface area contributed by atoms with Crippen LogP contribution in [-0.4, -0.2) is 50.2 Å². The van der Waals surface area contributed by atoms with Crippen LogP contribution >= 0.6 is 0 Å². The molecule has 2 rings (SSSR count). The highest BCUT2D eigenvalue weighted by atomic mass is 16.5. The Bertz CT molecular complexity index is 335. The second kappa shape index (κ2) is 6.86. The van der Waals surface area contributed by atoms with E-state index in [0.717, 1.165) is 12.8 Å². The molecule has 0 bridgehead atoms. The van der Waals surface area contributed by atoms with Crippen molar-refractivity contribution in [3.63, 3.8) is 0 Å². The van der Waals surface area contributed by atoms with E-state index in [-0.39, 0.29) is 24.3 Å². The minimum absolute atomic E-state index is 0.0509. The molecule has 2 aliphatic rings. The molecule has 1 heterocycles. The molecule has 3 atom stereocenters. The van der Waals surface area contributed by atoms with Crippen LogP contribution in [0.15, 0.2) is 0 Å². The first-order valence-electron chi connectivity index (χ1n) is 7.03. The molecule has 0 spiro atoms. The Morgan fingerprint density at radius 3 is 2.84 bits per heavy atom. The summed E-state index contributed by atoms with van der Waals surface area (Å²) in [4.78, 5) is 23.6. The molecule has 0 aromatic heterocycles. The third kappa shape index (κ3) is 3.91. The molecular weight excluding hydrogens is 246 g/mol. The molecule has 1 saturated heterocycles. The number of hydrogen-bond acceptors (Lipinski definition) is 4. The van der Waals surface area contributed by atoms with Crippen molar-refractivity contribution in [1.82, 2.24) is 16.0 Å². The summed E-state index contributed by atoms with van der Waals surface area (Å²) in [6.45, 7) is 0.969. The number of fused-ring (bicyclic) bond motifs is 1. The number of carbonyl (C=O) groups is 2. The molecular formula is C13H23N3O3. The number of carbonyl (C=O) groups excluding carboxylic acids is 2. The van der Waals surface area contributed by atoms with Crippen LogP contribution in [0.25, 0.3) is 0 Å². The predicted octanol–water partition coefficient (Wildman–Crippen LogP) is -0.462. The number of hydrogen-bond donors (Lipinski definition) is 3. The van der Waals surface area contributed by atoms with Crippen LogP contribution in [0.4, 0.5) is 0 Å². The lowest BCUT2D eigenvalue weighted by atomic mass is 9.87. The van der Waals surface area contributed by atoms with Gasteiger partial charge in [-0.2, -0.15) is 0 Å². The Labute approximate surface area is 113 Å². The number of ether oxygens (including phenoxy) is 1. The SMILES string of the molecule is COCCNC(=O)C[C@@H]1N[C@@H]2CCCC[C@@H]2NC1=O. The van der Waals surface area contributed by atoms with Gasteiger partial charge in [0.15, 0.2) is 0 Å². The lowest BCUT2D eigenvalue weighted by Crippen LogP contribution is -2.65. The highest BCUT2D eigenvalue weighted by molar-refractivity contribution is 5.89. The molecule has 1 saturated carbocycles. The van der Waals surface area contributed by atoms with E-state index in [0.29, 0.717) is 19.2 Å². The molecule has 0 aromatic rings. The summed E-state index contributed by atoms with van der Waals surface area (Å²) in [7, 11) is 1.59. The average Bonchev–Trinajstić information content (AvgIpc) is 2.40. The van der Waals surface area contributed by atoms with Gasteiger partial charge in [-0.25, -0.2) is 0 Å². The average molecular weight is 269 g/mol. The molecule has 0 unspecified atom stereocenters. The maximum absolute atomic E-state index is 11.9. The van der Waals surface area contributed by atoms with E-state index in [1.807, 2.05) is 0 Å². The summed E-state index contributed by atoms with van der Waals surface area (Å²) >= 11 is 0. The van der Waals surface area contributed by atoms with E-state index in [4.69, 9.17) is 4.74 Å². The van der Waals surface area contributed by atoms with Gasteiger partial charge >= 0.3 is 0 Å². The van der Waals surface area contributed by atoms with Gasteiger partial charge in [-0.05, 0) is 12.8 Å².